The highest BCUT2D eigenvalue weighted by molar-refractivity contribution is 5.78. The Kier molecular flexibility index (Phi) is 2.42. The summed E-state index contributed by atoms with van der Waals surface area (Å²) >= 11 is 0. The van der Waals surface area contributed by atoms with Crippen LogP contribution in [0.3, 0.4) is 0 Å². The van der Waals surface area contributed by atoms with E-state index < -0.39 is 17.7 Å². The zero-order valence-corrected chi connectivity index (χ0v) is 9.58. The molecule has 0 bridgehead atoms. The highest BCUT2D eigenvalue weighted by Gasteiger charge is 2.59. The minimum absolute atomic E-state index is 0.838. The van der Waals surface area contributed by atoms with Crippen molar-refractivity contribution in [2.75, 3.05) is 0 Å². The molecule has 0 spiro atoms. The monoisotopic (exact) mass is 239 g/mol. The molecule has 18 heavy (non-hydrogen) atoms. The molecular weight excluding hydrogens is 228 g/mol. The van der Waals surface area contributed by atoms with E-state index in [9.17, 15) is 9.90 Å². The van der Waals surface area contributed by atoms with Crippen molar-refractivity contribution in [1.82, 2.24) is 0 Å². The van der Waals surface area contributed by atoms with E-state index in [-0.39, 0.29) is 0 Å². The first-order chi connectivity index (χ1) is 8.75. The van der Waals surface area contributed by atoms with Crippen molar-refractivity contribution in [2.45, 2.75) is 11.7 Å². The molecule has 90 valence electrons. The maximum absolute atomic E-state index is 11.1. The van der Waals surface area contributed by atoms with E-state index in [2.05, 4.69) is 0 Å². The van der Waals surface area contributed by atoms with Gasteiger partial charge in [0.15, 0.2) is 5.60 Å². The second-order valence-corrected chi connectivity index (χ2v) is 4.28. The maximum atomic E-state index is 11.1. The summed E-state index contributed by atoms with van der Waals surface area (Å²) in [4.78, 5) is 11.1. The van der Waals surface area contributed by atoms with Crippen molar-refractivity contribution in [3.63, 3.8) is 0 Å². The molecule has 2 aromatic carbocycles. The number of hydrogen-bond donors (Lipinski definition) is 0. The van der Waals surface area contributed by atoms with Crippen LogP contribution in [0.2, 0.25) is 0 Å². The summed E-state index contributed by atoms with van der Waals surface area (Å²) in [5.74, 6) is -1.18. The van der Waals surface area contributed by atoms with Gasteiger partial charge in [-0.1, -0.05) is 60.7 Å². The minimum atomic E-state index is -1.18. The van der Waals surface area contributed by atoms with Gasteiger partial charge in [-0.2, -0.15) is 0 Å². The number of hydrogen-bond acceptors (Lipinski definition) is 3. The number of carboxylic acid groups (broad SMARTS) is 1. The van der Waals surface area contributed by atoms with Crippen LogP contribution in [0.4, 0.5) is 0 Å². The predicted molar refractivity (Wildman–Crippen MR) is 63.5 cm³/mol. The van der Waals surface area contributed by atoms with Gasteiger partial charge in [-0.3, -0.25) is 0 Å². The van der Waals surface area contributed by atoms with E-state index in [4.69, 9.17) is 4.74 Å². The van der Waals surface area contributed by atoms with Crippen LogP contribution in [-0.4, -0.2) is 12.1 Å². The molecule has 1 atom stereocenters. The smallest absolute Gasteiger partial charge is 0.151 e. The molecule has 3 nitrogen and oxygen atoms in total. The second-order valence-electron chi connectivity index (χ2n) is 4.28. The Labute approximate surface area is 105 Å². The molecule has 0 radical (unpaired) electrons. The molecule has 0 saturated carbocycles. The standard InChI is InChI=1S/C15H12O3/c16-14(17)13-15(18-13,11-7-3-1-4-8-11)12-9-5-2-6-10-12/h1-10,13H,(H,16,17)/p-1. The van der Waals surface area contributed by atoms with Crippen LogP contribution in [0.15, 0.2) is 60.7 Å². The first kappa shape index (κ1) is 11.0. The Hall–Kier alpha value is -2.13. The quantitative estimate of drug-likeness (QED) is 0.753. The van der Waals surface area contributed by atoms with Crippen LogP contribution in [0.5, 0.6) is 0 Å². The fraction of sp³-hybridized carbons (Fsp3) is 0.133. The number of carbonyl (C=O) groups excluding carboxylic acids is 1. The lowest BCUT2D eigenvalue weighted by atomic mass is 9.88. The molecule has 2 aromatic rings. The summed E-state index contributed by atoms with van der Waals surface area (Å²) in [7, 11) is 0. The highest BCUT2D eigenvalue weighted by atomic mass is 16.6. The van der Waals surface area contributed by atoms with Gasteiger partial charge in [0.05, 0.1) is 5.97 Å². The molecule has 0 N–H and O–H groups in total. The molecule has 0 aromatic heterocycles. The number of epoxide rings is 1. The number of ether oxygens (including phenoxy) is 1. The van der Waals surface area contributed by atoms with Gasteiger partial charge in [0.25, 0.3) is 0 Å². The topological polar surface area (TPSA) is 52.7 Å². The second kappa shape index (κ2) is 3.96. The third-order valence-electron chi connectivity index (χ3n) is 3.24. The zero-order chi connectivity index (χ0) is 12.6. The lowest BCUT2D eigenvalue weighted by Gasteiger charge is -2.14. The van der Waals surface area contributed by atoms with Gasteiger partial charge in [0.1, 0.15) is 6.10 Å². The predicted octanol–water partition coefficient (Wildman–Crippen LogP) is 1.08. The van der Waals surface area contributed by atoms with Crippen LogP contribution in [0.1, 0.15) is 11.1 Å². The van der Waals surface area contributed by atoms with E-state index in [1.54, 1.807) is 0 Å². The van der Waals surface area contributed by atoms with Gasteiger partial charge >= 0.3 is 0 Å². The largest absolute Gasteiger partial charge is 0.547 e. The van der Waals surface area contributed by atoms with Crippen molar-refractivity contribution >= 4 is 5.97 Å². The lowest BCUT2D eigenvalue weighted by Crippen LogP contribution is -2.32. The molecule has 3 heteroatoms. The van der Waals surface area contributed by atoms with E-state index in [1.807, 2.05) is 60.7 Å². The molecule has 1 fully saturated rings. The molecular formula is C15H11O3-. The molecule has 1 aliphatic rings. The van der Waals surface area contributed by atoms with Gasteiger partial charge in [0.2, 0.25) is 0 Å². The molecule has 3 rings (SSSR count). The number of carbonyl (C=O) groups is 1. The van der Waals surface area contributed by atoms with Crippen LogP contribution in [-0.2, 0) is 15.1 Å². The minimum Gasteiger partial charge on any atom is -0.547 e. The van der Waals surface area contributed by atoms with E-state index in [0.29, 0.717) is 0 Å². The summed E-state index contributed by atoms with van der Waals surface area (Å²) in [5.41, 5.74) is 0.789. The number of carboxylic acids is 1. The summed E-state index contributed by atoms with van der Waals surface area (Å²) in [6, 6.07) is 18.7. The van der Waals surface area contributed by atoms with Crippen LogP contribution >= 0.6 is 0 Å². The fourth-order valence-corrected chi connectivity index (χ4v) is 2.34. The normalized spacial score (nSPS) is 20.3. The molecule has 1 unspecified atom stereocenters. The van der Waals surface area contributed by atoms with Gasteiger partial charge < -0.3 is 14.6 Å². The Balaban J connectivity index is 2.11. The van der Waals surface area contributed by atoms with Gasteiger partial charge in [0, 0.05) is 0 Å². The summed E-state index contributed by atoms with van der Waals surface area (Å²) in [6.45, 7) is 0. The first-order valence-corrected chi connectivity index (χ1v) is 5.75. The van der Waals surface area contributed by atoms with E-state index in [0.717, 1.165) is 11.1 Å². The summed E-state index contributed by atoms with van der Waals surface area (Å²) < 4.78 is 5.48. The van der Waals surface area contributed by atoms with Crippen LogP contribution < -0.4 is 5.11 Å². The highest BCUT2D eigenvalue weighted by Crippen LogP contribution is 2.51. The van der Waals surface area contributed by atoms with Crippen molar-refractivity contribution in [2.24, 2.45) is 0 Å². The van der Waals surface area contributed by atoms with Gasteiger partial charge in [-0.25, -0.2) is 0 Å². The third-order valence-corrected chi connectivity index (χ3v) is 3.24. The number of benzene rings is 2. The molecule has 1 saturated heterocycles. The molecule has 1 heterocycles. The van der Waals surface area contributed by atoms with Gasteiger partial charge in [-0.05, 0) is 11.1 Å². The van der Waals surface area contributed by atoms with Crippen molar-refractivity contribution in [3.8, 4) is 0 Å². The van der Waals surface area contributed by atoms with Crippen LogP contribution in [0, 0.1) is 0 Å². The Morgan fingerprint density at radius 3 is 1.72 bits per heavy atom. The van der Waals surface area contributed by atoms with Crippen molar-refractivity contribution in [1.29, 1.82) is 0 Å². The third kappa shape index (κ3) is 1.52. The average molecular weight is 239 g/mol. The summed E-state index contributed by atoms with van der Waals surface area (Å²) in [6.07, 6.45) is -0.915. The SMILES string of the molecule is O=C([O-])C1OC1(c1ccccc1)c1ccccc1. The van der Waals surface area contributed by atoms with Crippen molar-refractivity contribution in [3.05, 3.63) is 71.8 Å². The molecule has 0 aliphatic carbocycles. The van der Waals surface area contributed by atoms with E-state index >= 15 is 0 Å². The van der Waals surface area contributed by atoms with Crippen LogP contribution in [0.25, 0.3) is 0 Å². The molecule has 1 aliphatic heterocycles. The van der Waals surface area contributed by atoms with Gasteiger partial charge in [-0.15, -0.1) is 0 Å². The van der Waals surface area contributed by atoms with Crippen molar-refractivity contribution < 1.29 is 14.6 Å². The molecule has 0 amide bonds. The average Bonchev–Trinajstić information content (AvgIpc) is 3.18. The number of rotatable bonds is 3. The Morgan fingerprint density at radius 1 is 0.944 bits per heavy atom. The van der Waals surface area contributed by atoms with E-state index in [1.165, 1.54) is 0 Å². The fourth-order valence-electron chi connectivity index (χ4n) is 2.34. The maximum Gasteiger partial charge on any atom is 0.151 e. The lowest BCUT2D eigenvalue weighted by molar-refractivity contribution is -0.307. The first-order valence-electron chi connectivity index (χ1n) is 5.75. The zero-order valence-electron chi connectivity index (χ0n) is 9.58. The summed E-state index contributed by atoms with van der Waals surface area (Å²) in [5, 5.41) is 11.1. The Morgan fingerprint density at radius 2 is 1.39 bits per heavy atom. The number of aliphatic carboxylic acids is 1. The Bertz CT molecular complexity index is 523.